The molecule has 0 saturated carbocycles. The van der Waals surface area contributed by atoms with Crippen molar-refractivity contribution in [2.24, 2.45) is 0 Å². The van der Waals surface area contributed by atoms with Crippen LogP contribution in [0, 0.1) is 0 Å². The number of aromatic nitrogens is 2. The summed E-state index contributed by atoms with van der Waals surface area (Å²) in [5, 5.41) is 3.77. The molecule has 7 heteroatoms. The molecule has 1 saturated heterocycles. The summed E-state index contributed by atoms with van der Waals surface area (Å²) in [6.07, 6.45) is 0. The second-order valence-electron chi connectivity index (χ2n) is 6.74. The number of fused-ring (bicyclic) bond motifs is 1. The minimum atomic E-state index is -0.145. The predicted molar refractivity (Wildman–Crippen MR) is 109 cm³/mol. The molecule has 1 fully saturated rings. The van der Waals surface area contributed by atoms with Gasteiger partial charge in [-0.15, -0.1) is 0 Å². The van der Waals surface area contributed by atoms with E-state index in [1.807, 2.05) is 42.5 Å². The Morgan fingerprint density at radius 3 is 2.89 bits per heavy atom. The van der Waals surface area contributed by atoms with Crippen molar-refractivity contribution in [2.45, 2.75) is 6.54 Å². The predicted octanol–water partition coefficient (Wildman–Crippen LogP) is 2.25. The summed E-state index contributed by atoms with van der Waals surface area (Å²) >= 11 is 0. The molecule has 0 aliphatic carbocycles. The van der Waals surface area contributed by atoms with Gasteiger partial charge in [0.25, 0.3) is 5.56 Å². The van der Waals surface area contributed by atoms with E-state index in [1.54, 1.807) is 6.07 Å². The molecule has 1 aliphatic rings. The van der Waals surface area contributed by atoms with Crippen molar-refractivity contribution in [1.29, 1.82) is 0 Å². The molecule has 7 nitrogen and oxygen atoms in total. The van der Waals surface area contributed by atoms with Crippen molar-refractivity contribution < 1.29 is 9.47 Å². The van der Waals surface area contributed by atoms with E-state index in [0.29, 0.717) is 30.0 Å². The van der Waals surface area contributed by atoms with E-state index in [4.69, 9.17) is 9.47 Å². The largest absolute Gasteiger partial charge is 0.492 e. The van der Waals surface area contributed by atoms with E-state index in [9.17, 15) is 4.79 Å². The van der Waals surface area contributed by atoms with Gasteiger partial charge in [0.05, 0.1) is 24.1 Å². The lowest BCUT2D eigenvalue weighted by Crippen LogP contribution is -2.38. The van der Waals surface area contributed by atoms with Crippen molar-refractivity contribution >= 4 is 16.9 Å². The van der Waals surface area contributed by atoms with Crippen LogP contribution < -0.4 is 15.6 Å². The number of aromatic amines is 1. The van der Waals surface area contributed by atoms with Gasteiger partial charge in [0.15, 0.2) is 0 Å². The molecule has 28 heavy (non-hydrogen) atoms. The van der Waals surface area contributed by atoms with Gasteiger partial charge in [0.1, 0.15) is 12.4 Å². The molecule has 2 heterocycles. The zero-order valence-electron chi connectivity index (χ0n) is 15.7. The molecule has 1 aliphatic heterocycles. The fourth-order valence-corrected chi connectivity index (χ4v) is 3.22. The molecule has 0 atom stereocenters. The molecule has 4 rings (SSSR count). The first-order valence-corrected chi connectivity index (χ1v) is 9.53. The summed E-state index contributed by atoms with van der Waals surface area (Å²) in [6, 6.07) is 15.2. The average Bonchev–Trinajstić information content (AvgIpc) is 2.73. The summed E-state index contributed by atoms with van der Waals surface area (Å²) in [5.41, 5.74) is 1.59. The summed E-state index contributed by atoms with van der Waals surface area (Å²) in [6.45, 7) is 5.61. The van der Waals surface area contributed by atoms with E-state index in [0.717, 1.165) is 44.2 Å². The van der Waals surface area contributed by atoms with Crippen molar-refractivity contribution in [2.75, 3.05) is 44.8 Å². The molecule has 0 amide bonds. The van der Waals surface area contributed by atoms with E-state index in [2.05, 4.69) is 20.2 Å². The lowest BCUT2D eigenvalue weighted by Gasteiger charge is -2.26. The highest BCUT2D eigenvalue weighted by Crippen LogP contribution is 2.15. The third kappa shape index (κ3) is 4.68. The second-order valence-corrected chi connectivity index (χ2v) is 6.74. The number of para-hydroxylation sites is 1. The van der Waals surface area contributed by atoms with Crippen LogP contribution in [0.4, 0.5) is 5.95 Å². The Morgan fingerprint density at radius 2 is 2.00 bits per heavy atom. The number of benzene rings is 2. The Kier molecular flexibility index (Phi) is 5.84. The molecule has 0 spiro atoms. The Labute approximate surface area is 163 Å². The SMILES string of the molecule is O=c1[nH]c(NCc2cccc(OCCN3CCOCC3)c2)nc2ccccc12. The summed E-state index contributed by atoms with van der Waals surface area (Å²) in [4.78, 5) is 21.7. The maximum absolute atomic E-state index is 12.1. The molecule has 1 aromatic heterocycles. The molecule has 0 bridgehead atoms. The first-order chi connectivity index (χ1) is 13.8. The Balaban J connectivity index is 1.34. The third-order valence-corrected chi connectivity index (χ3v) is 4.75. The van der Waals surface area contributed by atoms with Crippen LogP contribution in [0.15, 0.2) is 53.3 Å². The fourth-order valence-electron chi connectivity index (χ4n) is 3.22. The number of hydrogen-bond acceptors (Lipinski definition) is 6. The zero-order valence-corrected chi connectivity index (χ0v) is 15.7. The van der Waals surface area contributed by atoms with Crippen LogP contribution in [0.2, 0.25) is 0 Å². The van der Waals surface area contributed by atoms with Crippen LogP contribution in [-0.2, 0) is 11.3 Å². The number of rotatable bonds is 7. The molecule has 3 aromatic rings. The van der Waals surface area contributed by atoms with E-state index < -0.39 is 0 Å². The number of nitrogens with one attached hydrogen (secondary N) is 2. The molecule has 2 aromatic carbocycles. The maximum atomic E-state index is 12.1. The van der Waals surface area contributed by atoms with Gasteiger partial charge >= 0.3 is 0 Å². The van der Waals surface area contributed by atoms with E-state index in [-0.39, 0.29) is 5.56 Å². The lowest BCUT2D eigenvalue weighted by atomic mass is 10.2. The van der Waals surface area contributed by atoms with Crippen molar-refractivity contribution in [1.82, 2.24) is 14.9 Å². The Bertz CT molecular complexity index is 983. The van der Waals surface area contributed by atoms with Crippen LogP contribution in [-0.4, -0.2) is 54.3 Å². The quantitative estimate of drug-likeness (QED) is 0.655. The van der Waals surface area contributed by atoms with Crippen molar-refractivity contribution in [3.05, 3.63) is 64.4 Å². The van der Waals surface area contributed by atoms with Gasteiger partial charge in [0, 0.05) is 26.2 Å². The topological polar surface area (TPSA) is 79.5 Å². The molecular weight excluding hydrogens is 356 g/mol. The Hall–Kier alpha value is -2.90. The monoisotopic (exact) mass is 380 g/mol. The van der Waals surface area contributed by atoms with Gasteiger partial charge < -0.3 is 14.8 Å². The minimum Gasteiger partial charge on any atom is -0.492 e. The highest BCUT2D eigenvalue weighted by atomic mass is 16.5. The van der Waals surface area contributed by atoms with Gasteiger partial charge in [-0.1, -0.05) is 24.3 Å². The number of hydrogen-bond donors (Lipinski definition) is 2. The highest BCUT2D eigenvalue weighted by molar-refractivity contribution is 5.78. The normalized spacial score (nSPS) is 14.9. The third-order valence-electron chi connectivity index (χ3n) is 4.75. The van der Waals surface area contributed by atoms with Crippen LogP contribution in [0.25, 0.3) is 10.9 Å². The highest BCUT2D eigenvalue weighted by Gasteiger charge is 2.10. The smallest absolute Gasteiger partial charge is 0.260 e. The molecule has 0 radical (unpaired) electrons. The van der Waals surface area contributed by atoms with E-state index >= 15 is 0 Å². The molecule has 146 valence electrons. The number of ether oxygens (including phenoxy) is 2. The number of anilines is 1. The lowest BCUT2D eigenvalue weighted by molar-refractivity contribution is 0.0322. The van der Waals surface area contributed by atoms with Gasteiger partial charge in [-0.3, -0.25) is 14.7 Å². The van der Waals surface area contributed by atoms with Gasteiger partial charge in [-0.2, -0.15) is 0 Å². The van der Waals surface area contributed by atoms with Crippen LogP contribution >= 0.6 is 0 Å². The summed E-state index contributed by atoms with van der Waals surface area (Å²) < 4.78 is 11.3. The van der Waals surface area contributed by atoms with Crippen LogP contribution in [0.3, 0.4) is 0 Å². The van der Waals surface area contributed by atoms with Crippen LogP contribution in [0.1, 0.15) is 5.56 Å². The molecule has 2 N–H and O–H groups in total. The molecular formula is C21H24N4O3. The average molecular weight is 380 g/mol. The number of H-pyrrole nitrogens is 1. The zero-order chi connectivity index (χ0) is 19.2. The first-order valence-electron chi connectivity index (χ1n) is 9.53. The summed E-state index contributed by atoms with van der Waals surface area (Å²) in [5.74, 6) is 1.30. The van der Waals surface area contributed by atoms with Gasteiger partial charge in [-0.05, 0) is 29.8 Å². The summed E-state index contributed by atoms with van der Waals surface area (Å²) in [7, 11) is 0. The van der Waals surface area contributed by atoms with Gasteiger partial charge in [-0.25, -0.2) is 4.98 Å². The number of nitrogens with zero attached hydrogens (tertiary/aromatic N) is 2. The fraction of sp³-hybridized carbons (Fsp3) is 0.333. The minimum absolute atomic E-state index is 0.145. The van der Waals surface area contributed by atoms with Crippen molar-refractivity contribution in [3.63, 3.8) is 0 Å². The maximum Gasteiger partial charge on any atom is 0.260 e. The van der Waals surface area contributed by atoms with Crippen molar-refractivity contribution in [3.8, 4) is 5.75 Å². The standard InChI is InChI=1S/C21H24N4O3/c26-20-18-6-1-2-7-19(18)23-21(24-20)22-15-16-4-3-5-17(14-16)28-13-10-25-8-11-27-12-9-25/h1-7,14H,8-13,15H2,(H2,22,23,24,26). The van der Waals surface area contributed by atoms with E-state index in [1.165, 1.54) is 0 Å². The van der Waals surface area contributed by atoms with Crippen LogP contribution in [0.5, 0.6) is 5.75 Å². The van der Waals surface area contributed by atoms with Gasteiger partial charge in [0.2, 0.25) is 5.95 Å². The molecule has 0 unspecified atom stereocenters. The second kappa shape index (κ2) is 8.86. The Morgan fingerprint density at radius 1 is 1.14 bits per heavy atom. The first kappa shape index (κ1) is 18.5. The number of morpholine rings is 1.